The van der Waals surface area contributed by atoms with Crippen molar-refractivity contribution in [3.05, 3.63) is 35.9 Å². The second kappa shape index (κ2) is 11.2. The Hall–Kier alpha value is -2.26. The van der Waals surface area contributed by atoms with E-state index in [2.05, 4.69) is 38.2 Å². The van der Waals surface area contributed by atoms with E-state index in [-0.39, 0.29) is 41.8 Å². The largest absolute Gasteiger partial charge is 0.481 e. The Labute approximate surface area is 240 Å². The van der Waals surface area contributed by atoms with E-state index in [1.807, 2.05) is 39.0 Å². The number of alkyl carbamates (subject to hydrolysis) is 1. The number of carbonyl (C=O) groups excluding carboxylic acids is 2. The van der Waals surface area contributed by atoms with E-state index >= 15 is 0 Å². The van der Waals surface area contributed by atoms with Gasteiger partial charge in [-0.05, 0) is 95.5 Å². The summed E-state index contributed by atoms with van der Waals surface area (Å²) in [7, 11) is -0.533. The number of aryl methyl sites for hydroxylation is 1. The maximum absolute atomic E-state index is 13.2. The van der Waals surface area contributed by atoms with Gasteiger partial charge in [0.2, 0.25) is 0 Å². The average Bonchev–Trinajstić information content (AvgIpc) is 3.26. The SMILES string of the molecule is CC(C)(C)OC(=O)N1CCCC[C@@H]1COC(=O)N[C@@H](CCc1ccccc1)B1O[C@@H]2C[C@@H]3C[C@@H](C3(C)C)[C@]2(C)O1. The first-order valence-corrected chi connectivity index (χ1v) is 15.2. The smallest absolute Gasteiger partial charge is 0.447 e. The first-order valence-electron chi connectivity index (χ1n) is 15.2. The minimum atomic E-state index is -0.575. The molecular formula is C31H47BN2O6. The molecule has 3 saturated carbocycles. The van der Waals surface area contributed by atoms with Gasteiger partial charge in [0.1, 0.15) is 12.2 Å². The van der Waals surface area contributed by atoms with Crippen LogP contribution in [0.5, 0.6) is 0 Å². The molecule has 8 nitrogen and oxygen atoms in total. The minimum absolute atomic E-state index is 0.0379. The molecule has 9 heteroatoms. The van der Waals surface area contributed by atoms with Gasteiger partial charge in [-0.25, -0.2) is 9.59 Å². The van der Waals surface area contributed by atoms with Gasteiger partial charge < -0.3 is 29.0 Å². The molecule has 0 radical (unpaired) electrons. The zero-order chi connectivity index (χ0) is 28.7. The lowest BCUT2D eigenvalue weighted by atomic mass is 9.43. The first-order chi connectivity index (χ1) is 18.9. The highest BCUT2D eigenvalue weighted by atomic mass is 16.7. The van der Waals surface area contributed by atoms with Crippen molar-refractivity contribution in [2.24, 2.45) is 17.3 Å². The van der Waals surface area contributed by atoms with Crippen LogP contribution in [-0.4, -0.2) is 66.6 Å². The second-order valence-electron chi connectivity index (χ2n) is 14.0. The van der Waals surface area contributed by atoms with E-state index in [1.54, 1.807) is 4.90 Å². The molecule has 6 rings (SSSR count). The number of rotatable bonds is 7. The van der Waals surface area contributed by atoms with Crippen molar-refractivity contribution >= 4 is 19.3 Å². The number of nitrogens with zero attached hydrogens (tertiary/aromatic N) is 1. The number of nitrogens with one attached hydrogen (secondary N) is 1. The quantitative estimate of drug-likeness (QED) is 0.431. The van der Waals surface area contributed by atoms with Gasteiger partial charge >= 0.3 is 19.3 Å². The van der Waals surface area contributed by atoms with Gasteiger partial charge in [0.15, 0.2) is 0 Å². The Morgan fingerprint density at radius 1 is 1.15 bits per heavy atom. The molecule has 3 aliphatic carbocycles. The van der Waals surface area contributed by atoms with Gasteiger partial charge in [0, 0.05) is 6.54 Å². The topological polar surface area (TPSA) is 86.3 Å². The van der Waals surface area contributed by atoms with E-state index in [0.29, 0.717) is 24.8 Å². The zero-order valence-electron chi connectivity index (χ0n) is 25.1. The molecule has 0 unspecified atom stereocenters. The molecule has 2 bridgehead atoms. The predicted molar refractivity (Wildman–Crippen MR) is 154 cm³/mol. The third kappa shape index (κ3) is 6.01. The average molecular weight is 555 g/mol. The Morgan fingerprint density at radius 2 is 1.90 bits per heavy atom. The highest BCUT2D eigenvalue weighted by Gasteiger charge is 2.68. The van der Waals surface area contributed by atoms with Crippen molar-refractivity contribution in [3.63, 3.8) is 0 Å². The molecule has 2 amide bonds. The van der Waals surface area contributed by atoms with E-state index in [4.69, 9.17) is 18.8 Å². The second-order valence-corrected chi connectivity index (χ2v) is 14.0. The summed E-state index contributed by atoms with van der Waals surface area (Å²) in [5, 5.41) is 3.08. The molecule has 40 heavy (non-hydrogen) atoms. The summed E-state index contributed by atoms with van der Waals surface area (Å²) in [6.45, 7) is 13.2. The summed E-state index contributed by atoms with van der Waals surface area (Å²) in [4.78, 5) is 27.7. The maximum Gasteiger partial charge on any atom is 0.481 e. The van der Waals surface area contributed by atoms with Crippen LogP contribution in [0.15, 0.2) is 30.3 Å². The molecule has 2 saturated heterocycles. The van der Waals surface area contributed by atoms with Crippen molar-refractivity contribution in [2.45, 2.75) is 116 Å². The summed E-state index contributed by atoms with van der Waals surface area (Å²) < 4.78 is 24.6. The van der Waals surface area contributed by atoms with Crippen molar-refractivity contribution in [2.75, 3.05) is 13.2 Å². The molecule has 1 aromatic carbocycles. The third-order valence-corrected chi connectivity index (χ3v) is 9.85. The standard InChI is InChI=1S/C31H47BN2O6/c1-29(2,3)38-28(36)34-17-11-10-14-23(34)20-37-27(35)33-26(16-15-21-12-8-7-9-13-21)32-39-25-19-22-18-24(30(22,4)5)31(25,6)40-32/h7-9,12-13,22-26H,10-11,14-20H2,1-6H3,(H,33,35)/t22-,23+,24-,25+,26-,31-/m0/s1. The van der Waals surface area contributed by atoms with Crippen molar-refractivity contribution < 1.29 is 28.4 Å². The molecule has 220 valence electrons. The van der Waals surface area contributed by atoms with E-state index in [1.165, 1.54) is 12.0 Å². The lowest BCUT2D eigenvalue weighted by molar-refractivity contribution is -0.199. The zero-order valence-corrected chi connectivity index (χ0v) is 25.1. The number of carbonyl (C=O) groups is 2. The van der Waals surface area contributed by atoms with Gasteiger partial charge in [0.05, 0.1) is 23.7 Å². The Morgan fingerprint density at radius 3 is 2.60 bits per heavy atom. The summed E-state index contributed by atoms with van der Waals surface area (Å²) in [6, 6.07) is 10.1. The molecular weight excluding hydrogens is 507 g/mol. The molecule has 5 fully saturated rings. The van der Waals surface area contributed by atoms with E-state index < -0.39 is 18.8 Å². The Bertz CT molecular complexity index is 1060. The highest BCUT2D eigenvalue weighted by molar-refractivity contribution is 6.47. The number of amides is 2. The lowest BCUT2D eigenvalue weighted by Crippen LogP contribution is -2.65. The van der Waals surface area contributed by atoms with Gasteiger partial charge in [0.25, 0.3) is 0 Å². The summed E-state index contributed by atoms with van der Waals surface area (Å²) in [5.74, 6) is 0.742. The molecule has 0 spiro atoms. The monoisotopic (exact) mass is 554 g/mol. The van der Waals surface area contributed by atoms with Gasteiger partial charge in [-0.1, -0.05) is 44.2 Å². The van der Waals surface area contributed by atoms with Crippen molar-refractivity contribution in [1.29, 1.82) is 0 Å². The maximum atomic E-state index is 13.2. The van der Waals surface area contributed by atoms with Crippen LogP contribution in [0.4, 0.5) is 9.59 Å². The highest BCUT2D eigenvalue weighted by Crippen LogP contribution is 2.65. The first kappa shape index (κ1) is 29.2. The van der Waals surface area contributed by atoms with Crippen molar-refractivity contribution in [1.82, 2.24) is 10.2 Å². The fourth-order valence-corrected chi connectivity index (χ4v) is 7.41. The Balaban J connectivity index is 1.23. The van der Waals surface area contributed by atoms with Gasteiger partial charge in [-0.3, -0.25) is 0 Å². The molecule has 2 aliphatic heterocycles. The number of hydrogen-bond donors (Lipinski definition) is 1. The third-order valence-electron chi connectivity index (χ3n) is 9.85. The molecule has 1 aromatic rings. The van der Waals surface area contributed by atoms with Crippen LogP contribution >= 0.6 is 0 Å². The van der Waals surface area contributed by atoms with Gasteiger partial charge in [-0.15, -0.1) is 0 Å². The molecule has 6 atom stereocenters. The summed E-state index contributed by atoms with van der Waals surface area (Å²) in [6.07, 6.45) is 5.46. The van der Waals surface area contributed by atoms with E-state index in [9.17, 15) is 9.59 Å². The van der Waals surface area contributed by atoms with Crippen LogP contribution in [-0.2, 0) is 25.2 Å². The number of ether oxygens (including phenoxy) is 2. The number of likely N-dealkylation sites (tertiary alicyclic amines) is 1. The fraction of sp³-hybridized carbons (Fsp3) is 0.742. The number of hydrogen-bond acceptors (Lipinski definition) is 6. The van der Waals surface area contributed by atoms with Gasteiger partial charge in [-0.2, -0.15) is 0 Å². The molecule has 5 aliphatic rings. The summed E-state index contributed by atoms with van der Waals surface area (Å²) >= 11 is 0. The van der Waals surface area contributed by atoms with E-state index in [0.717, 1.165) is 32.1 Å². The van der Waals surface area contributed by atoms with Crippen LogP contribution in [0.25, 0.3) is 0 Å². The predicted octanol–water partition coefficient (Wildman–Crippen LogP) is 5.77. The van der Waals surface area contributed by atoms with Crippen molar-refractivity contribution in [3.8, 4) is 0 Å². The number of benzene rings is 1. The van der Waals surface area contributed by atoms with Crippen LogP contribution < -0.4 is 5.32 Å². The van der Waals surface area contributed by atoms with Crippen LogP contribution in [0.3, 0.4) is 0 Å². The van der Waals surface area contributed by atoms with Crippen LogP contribution in [0, 0.1) is 17.3 Å². The molecule has 2 heterocycles. The molecule has 0 aromatic heterocycles. The lowest BCUT2D eigenvalue weighted by Gasteiger charge is -2.64. The minimum Gasteiger partial charge on any atom is -0.447 e. The van der Waals surface area contributed by atoms with Crippen LogP contribution in [0.1, 0.15) is 85.6 Å². The fourth-order valence-electron chi connectivity index (χ4n) is 7.41. The molecule has 1 N–H and O–H groups in total. The summed E-state index contributed by atoms with van der Waals surface area (Å²) in [5.41, 5.74) is 0.516. The Kier molecular flexibility index (Phi) is 8.19. The number of piperidine rings is 1. The van der Waals surface area contributed by atoms with Crippen LogP contribution in [0.2, 0.25) is 0 Å². The normalized spacial score (nSPS) is 31.6.